The molecule has 11 heavy (non-hydrogen) atoms. The molecule has 1 N–H and O–H groups in total. The van der Waals surface area contributed by atoms with E-state index in [0.29, 0.717) is 10.6 Å². The lowest BCUT2D eigenvalue weighted by atomic mass is 10.1. The van der Waals surface area contributed by atoms with E-state index in [9.17, 15) is 5.11 Å². The van der Waals surface area contributed by atoms with E-state index in [4.69, 9.17) is 11.6 Å². The number of halogens is 1. The highest BCUT2D eigenvalue weighted by molar-refractivity contribution is 6.32. The van der Waals surface area contributed by atoms with Gasteiger partial charge in [-0.1, -0.05) is 24.2 Å². The van der Waals surface area contributed by atoms with E-state index in [-0.39, 0.29) is 5.75 Å². The standard InChI is InChI=1S/C9H9ClO/c1-6(2)9-7(10)4-3-5-8(9)11/h3-5,11H,1H2,2H3. The number of hydrogen-bond acceptors (Lipinski definition) is 1. The summed E-state index contributed by atoms with van der Waals surface area (Å²) in [6.07, 6.45) is 0. The summed E-state index contributed by atoms with van der Waals surface area (Å²) in [5, 5.41) is 9.86. The highest BCUT2D eigenvalue weighted by atomic mass is 35.5. The van der Waals surface area contributed by atoms with Crippen molar-refractivity contribution in [1.82, 2.24) is 0 Å². The zero-order chi connectivity index (χ0) is 8.43. The van der Waals surface area contributed by atoms with Gasteiger partial charge in [0.1, 0.15) is 5.75 Å². The van der Waals surface area contributed by atoms with Crippen molar-refractivity contribution in [3.8, 4) is 5.75 Å². The van der Waals surface area contributed by atoms with Crippen molar-refractivity contribution in [3.05, 3.63) is 35.4 Å². The van der Waals surface area contributed by atoms with E-state index >= 15 is 0 Å². The number of rotatable bonds is 1. The molecule has 1 aromatic carbocycles. The van der Waals surface area contributed by atoms with Crippen LogP contribution in [-0.4, -0.2) is 5.11 Å². The van der Waals surface area contributed by atoms with Crippen LogP contribution in [0.2, 0.25) is 5.02 Å². The molecule has 0 aliphatic rings. The molecule has 0 atom stereocenters. The summed E-state index contributed by atoms with van der Waals surface area (Å²) in [5.41, 5.74) is 1.40. The van der Waals surface area contributed by atoms with Crippen LogP contribution in [-0.2, 0) is 0 Å². The van der Waals surface area contributed by atoms with Gasteiger partial charge in [-0.25, -0.2) is 0 Å². The average molecular weight is 169 g/mol. The van der Waals surface area contributed by atoms with Crippen LogP contribution in [0, 0.1) is 0 Å². The fourth-order valence-electron chi connectivity index (χ4n) is 0.935. The summed E-state index contributed by atoms with van der Waals surface area (Å²) in [7, 11) is 0. The highest BCUT2D eigenvalue weighted by Crippen LogP contribution is 2.30. The van der Waals surface area contributed by atoms with Gasteiger partial charge in [0.15, 0.2) is 0 Å². The molecule has 0 heterocycles. The molecule has 0 saturated heterocycles. The van der Waals surface area contributed by atoms with Gasteiger partial charge in [-0.15, -0.1) is 0 Å². The Morgan fingerprint density at radius 3 is 2.55 bits per heavy atom. The fraction of sp³-hybridized carbons (Fsp3) is 0.111. The lowest BCUT2D eigenvalue weighted by Gasteiger charge is -2.04. The summed E-state index contributed by atoms with van der Waals surface area (Å²) < 4.78 is 0. The first-order chi connectivity index (χ1) is 5.13. The van der Waals surface area contributed by atoms with E-state index in [1.165, 1.54) is 0 Å². The second kappa shape index (κ2) is 2.97. The SMILES string of the molecule is C=C(C)c1c(O)cccc1Cl. The van der Waals surface area contributed by atoms with Gasteiger partial charge in [0.05, 0.1) is 5.02 Å². The maximum Gasteiger partial charge on any atom is 0.124 e. The van der Waals surface area contributed by atoms with Crippen LogP contribution in [0.4, 0.5) is 0 Å². The largest absolute Gasteiger partial charge is 0.507 e. The lowest BCUT2D eigenvalue weighted by Crippen LogP contribution is -1.80. The Morgan fingerprint density at radius 2 is 2.18 bits per heavy atom. The van der Waals surface area contributed by atoms with Gasteiger partial charge >= 0.3 is 0 Å². The number of phenolic OH excluding ortho intramolecular Hbond substituents is 1. The van der Waals surface area contributed by atoms with E-state index in [1.807, 2.05) is 0 Å². The van der Waals surface area contributed by atoms with Crippen LogP contribution in [0.25, 0.3) is 5.57 Å². The zero-order valence-electron chi connectivity index (χ0n) is 6.26. The van der Waals surface area contributed by atoms with Gasteiger partial charge < -0.3 is 5.11 Å². The predicted molar refractivity (Wildman–Crippen MR) is 47.8 cm³/mol. The molecule has 0 radical (unpaired) electrons. The summed E-state index contributed by atoms with van der Waals surface area (Å²) in [6, 6.07) is 5.02. The minimum absolute atomic E-state index is 0.185. The third-order valence-electron chi connectivity index (χ3n) is 1.42. The summed E-state index contributed by atoms with van der Waals surface area (Å²) >= 11 is 5.80. The second-order valence-electron chi connectivity index (χ2n) is 2.41. The van der Waals surface area contributed by atoms with Gasteiger partial charge in [0.2, 0.25) is 0 Å². The molecule has 0 spiro atoms. The van der Waals surface area contributed by atoms with Crippen molar-refractivity contribution >= 4 is 17.2 Å². The average Bonchev–Trinajstić information content (AvgIpc) is 1.85. The molecule has 1 aromatic rings. The monoisotopic (exact) mass is 168 g/mol. The molecular weight excluding hydrogens is 160 g/mol. The summed E-state index contributed by atoms with van der Waals surface area (Å²) in [5.74, 6) is 0.185. The van der Waals surface area contributed by atoms with Crippen LogP contribution in [0.5, 0.6) is 5.75 Å². The highest BCUT2D eigenvalue weighted by Gasteiger charge is 2.04. The Hall–Kier alpha value is -0.950. The number of allylic oxidation sites excluding steroid dienone is 1. The first-order valence-corrected chi connectivity index (χ1v) is 3.64. The first-order valence-electron chi connectivity index (χ1n) is 3.26. The summed E-state index contributed by atoms with van der Waals surface area (Å²) in [4.78, 5) is 0. The van der Waals surface area contributed by atoms with Crippen LogP contribution in [0.3, 0.4) is 0 Å². The normalized spacial score (nSPS) is 9.64. The molecule has 0 saturated carbocycles. The van der Waals surface area contributed by atoms with Gasteiger partial charge in [0.25, 0.3) is 0 Å². The van der Waals surface area contributed by atoms with Crippen LogP contribution in [0.1, 0.15) is 12.5 Å². The number of aromatic hydroxyl groups is 1. The van der Waals surface area contributed by atoms with Crippen molar-refractivity contribution < 1.29 is 5.11 Å². The Morgan fingerprint density at radius 1 is 1.55 bits per heavy atom. The Kier molecular flexibility index (Phi) is 2.20. The van der Waals surface area contributed by atoms with Crippen LogP contribution in [0.15, 0.2) is 24.8 Å². The van der Waals surface area contributed by atoms with Crippen molar-refractivity contribution in [3.63, 3.8) is 0 Å². The van der Waals surface area contributed by atoms with Crippen molar-refractivity contribution in [1.29, 1.82) is 0 Å². The third-order valence-corrected chi connectivity index (χ3v) is 1.73. The molecule has 58 valence electrons. The topological polar surface area (TPSA) is 20.2 Å². The molecule has 0 bridgehead atoms. The van der Waals surface area contributed by atoms with Crippen molar-refractivity contribution in [2.45, 2.75) is 6.92 Å². The van der Waals surface area contributed by atoms with Crippen molar-refractivity contribution in [2.24, 2.45) is 0 Å². The molecule has 0 aliphatic carbocycles. The Balaban J connectivity index is 3.32. The van der Waals surface area contributed by atoms with Gasteiger partial charge in [-0.3, -0.25) is 0 Å². The Labute approximate surface area is 70.9 Å². The zero-order valence-corrected chi connectivity index (χ0v) is 7.02. The molecular formula is C9H9ClO. The number of benzene rings is 1. The minimum Gasteiger partial charge on any atom is -0.507 e. The lowest BCUT2D eigenvalue weighted by molar-refractivity contribution is 0.473. The van der Waals surface area contributed by atoms with Crippen LogP contribution >= 0.6 is 11.6 Å². The molecule has 0 amide bonds. The number of hydrogen-bond donors (Lipinski definition) is 1. The van der Waals surface area contributed by atoms with Gasteiger partial charge in [-0.2, -0.15) is 0 Å². The molecule has 0 unspecified atom stereocenters. The molecule has 1 nitrogen and oxygen atoms in total. The molecule has 0 aliphatic heterocycles. The summed E-state index contributed by atoms with van der Waals surface area (Å²) in [6.45, 7) is 5.51. The molecule has 0 fully saturated rings. The van der Waals surface area contributed by atoms with E-state index in [0.717, 1.165) is 5.57 Å². The maximum atomic E-state index is 9.32. The quantitative estimate of drug-likeness (QED) is 0.684. The fourth-order valence-corrected chi connectivity index (χ4v) is 1.27. The minimum atomic E-state index is 0.185. The maximum absolute atomic E-state index is 9.32. The molecule has 1 rings (SSSR count). The van der Waals surface area contributed by atoms with Gasteiger partial charge in [-0.05, 0) is 24.6 Å². The molecule has 0 aromatic heterocycles. The smallest absolute Gasteiger partial charge is 0.124 e. The Bertz CT molecular complexity index is 271. The molecule has 2 heteroatoms. The number of phenols is 1. The van der Waals surface area contributed by atoms with Crippen LogP contribution < -0.4 is 0 Å². The second-order valence-corrected chi connectivity index (χ2v) is 2.82. The van der Waals surface area contributed by atoms with Crippen molar-refractivity contribution in [2.75, 3.05) is 0 Å². The first kappa shape index (κ1) is 8.15. The van der Waals surface area contributed by atoms with E-state index in [1.54, 1.807) is 25.1 Å². The third kappa shape index (κ3) is 1.55. The van der Waals surface area contributed by atoms with E-state index < -0.39 is 0 Å². The van der Waals surface area contributed by atoms with Gasteiger partial charge in [0, 0.05) is 5.56 Å². The predicted octanol–water partition coefficient (Wildman–Crippen LogP) is 3.08. The van der Waals surface area contributed by atoms with E-state index in [2.05, 4.69) is 6.58 Å².